The van der Waals surface area contributed by atoms with E-state index in [0.29, 0.717) is 40.3 Å². The molecule has 0 saturated carbocycles. The number of para-hydroxylation sites is 1. The van der Waals surface area contributed by atoms with Crippen LogP contribution in [-0.2, 0) is 21.9 Å². The van der Waals surface area contributed by atoms with Crippen LogP contribution < -0.4 is 5.32 Å². The molecule has 0 bridgehead atoms. The second kappa shape index (κ2) is 9.64. The largest absolute Gasteiger partial charge is 0.467 e. The van der Waals surface area contributed by atoms with Crippen molar-refractivity contribution < 1.29 is 18.4 Å². The minimum Gasteiger partial charge on any atom is -0.467 e. The first-order valence-electron chi connectivity index (χ1n) is 10.9. The summed E-state index contributed by atoms with van der Waals surface area (Å²) in [5.41, 5.74) is 2.00. The average Bonchev–Trinajstić information content (AvgIpc) is 3.49. The lowest BCUT2D eigenvalue weighted by Crippen LogP contribution is -2.41. The van der Waals surface area contributed by atoms with Crippen LogP contribution in [0.25, 0.3) is 0 Å². The molecule has 2 amide bonds. The molecule has 7 nitrogen and oxygen atoms in total. The molecule has 0 spiro atoms. The highest BCUT2D eigenvalue weighted by Crippen LogP contribution is 2.35. The molecule has 9 heteroatoms. The summed E-state index contributed by atoms with van der Waals surface area (Å²) < 4.78 is 19.3. The molecule has 172 valence electrons. The fourth-order valence-electron chi connectivity index (χ4n) is 3.80. The molecule has 1 atom stereocenters. The van der Waals surface area contributed by atoms with E-state index in [1.165, 1.54) is 22.7 Å². The number of carbonyl (C=O) groups is 2. The zero-order chi connectivity index (χ0) is 23.5. The van der Waals surface area contributed by atoms with Gasteiger partial charge < -0.3 is 9.73 Å². The van der Waals surface area contributed by atoms with Crippen LogP contribution in [0.5, 0.6) is 0 Å². The van der Waals surface area contributed by atoms with E-state index in [9.17, 15) is 14.0 Å². The number of hydrogen-bond acceptors (Lipinski definition) is 6. The van der Waals surface area contributed by atoms with Crippen molar-refractivity contribution in [2.75, 3.05) is 0 Å². The lowest BCUT2D eigenvalue weighted by Gasteiger charge is -2.25. The van der Waals surface area contributed by atoms with Crippen LogP contribution in [-0.4, -0.2) is 33.8 Å². The van der Waals surface area contributed by atoms with E-state index in [1.807, 2.05) is 24.3 Å². The van der Waals surface area contributed by atoms with Crippen LogP contribution in [0.1, 0.15) is 29.7 Å². The normalized spacial score (nSPS) is 16.6. The molecule has 0 aliphatic carbocycles. The molecule has 1 aromatic heterocycles. The van der Waals surface area contributed by atoms with Gasteiger partial charge in [0.15, 0.2) is 5.17 Å². The Morgan fingerprint density at radius 1 is 1.12 bits per heavy atom. The predicted octanol–water partition coefficient (Wildman–Crippen LogP) is 4.41. The molecule has 3 aromatic rings. The smallest absolute Gasteiger partial charge is 0.259 e. The Morgan fingerprint density at radius 2 is 1.94 bits per heavy atom. The van der Waals surface area contributed by atoms with Crippen molar-refractivity contribution in [3.63, 3.8) is 0 Å². The first kappa shape index (κ1) is 22.1. The Balaban J connectivity index is 1.30. The van der Waals surface area contributed by atoms with Gasteiger partial charge in [0, 0.05) is 17.7 Å². The van der Waals surface area contributed by atoms with Gasteiger partial charge in [0.1, 0.15) is 23.5 Å². The topological polar surface area (TPSA) is 87.3 Å². The van der Waals surface area contributed by atoms with E-state index in [4.69, 9.17) is 4.42 Å². The van der Waals surface area contributed by atoms with Crippen molar-refractivity contribution in [2.24, 2.45) is 9.98 Å². The fourth-order valence-corrected chi connectivity index (χ4v) is 4.79. The van der Waals surface area contributed by atoms with Gasteiger partial charge in [0.25, 0.3) is 5.91 Å². The quantitative estimate of drug-likeness (QED) is 0.547. The van der Waals surface area contributed by atoms with Crippen LogP contribution in [0.4, 0.5) is 10.1 Å². The first-order chi connectivity index (χ1) is 16.6. The number of hydrogen-bond donors (Lipinski definition) is 1. The zero-order valence-electron chi connectivity index (χ0n) is 18.1. The van der Waals surface area contributed by atoms with Crippen LogP contribution in [0, 0.1) is 5.82 Å². The van der Waals surface area contributed by atoms with E-state index in [-0.39, 0.29) is 30.5 Å². The maximum Gasteiger partial charge on any atom is 0.259 e. The standard InChI is InChI=1S/C25H21FN4O3S/c26-19-9-3-1-6-16(19)15-34-25-29-20-10-4-2-8-18(20)23-28-21(24(32)30(23)25)11-12-22(31)27-14-17-7-5-13-33-17/h1-10,13,21H,11-12,14-15H2,(H,27,31). The van der Waals surface area contributed by atoms with E-state index in [2.05, 4.69) is 15.3 Å². The van der Waals surface area contributed by atoms with Gasteiger partial charge in [-0.2, -0.15) is 0 Å². The lowest BCUT2D eigenvalue weighted by atomic mass is 10.1. The molecule has 0 radical (unpaired) electrons. The van der Waals surface area contributed by atoms with E-state index in [0.717, 1.165) is 5.56 Å². The van der Waals surface area contributed by atoms with Crippen LogP contribution >= 0.6 is 11.8 Å². The van der Waals surface area contributed by atoms with Gasteiger partial charge >= 0.3 is 0 Å². The zero-order valence-corrected chi connectivity index (χ0v) is 18.9. The number of furan rings is 1. The SMILES string of the molecule is O=C(CCC1N=C2c3ccccc3N=C(SCc3ccccc3F)N2C1=O)NCc1ccco1. The summed E-state index contributed by atoms with van der Waals surface area (Å²) in [5, 5.41) is 3.24. The number of thioether (sulfide) groups is 1. The van der Waals surface area contributed by atoms with E-state index in [1.54, 1.807) is 36.6 Å². The third-order valence-electron chi connectivity index (χ3n) is 5.55. The minimum atomic E-state index is -0.685. The third-order valence-corrected chi connectivity index (χ3v) is 6.53. The van der Waals surface area contributed by atoms with Crippen molar-refractivity contribution in [2.45, 2.75) is 31.2 Å². The number of rotatable bonds is 7. The highest BCUT2D eigenvalue weighted by molar-refractivity contribution is 8.13. The third kappa shape index (κ3) is 4.51. The number of nitrogens with zero attached hydrogens (tertiary/aromatic N) is 3. The van der Waals surface area contributed by atoms with Gasteiger partial charge in [-0.1, -0.05) is 42.1 Å². The summed E-state index contributed by atoms with van der Waals surface area (Å²) in [6.07, 6.45) is 1.97. The van der Waals surface area contributed by atoms with Crippen LogP contribution in [0.2, 0.25) is 0 Å². The molecule has 1 unspecified atom stereocenters. The fraction of sp³-hybridized carbons (Fsp3) is 0.200. The summed E-state index contributed by atoms with van der Waals surface area (Å²) in [5.74, 6) is 0.789. The molecule has 2 aliphatic rings. The molecule has 5 rings (SSSR count). The number of benzene rings is 2. The van der Waals surface area contributed by atoms with Crippen molar-refractivity contribution in [3.8, 4) is 0 Å². The monoisotopic (exact) mass is 476 g/mol. The molecular formula is C25H21FN4O3S. The number of halogens is 1. The highest BCUT2D eigenvalue weighted by Gasteiger charge is 2.41. The molecule has 2 aliphatic heterocycles. The van der Waals surface area contributed by atoms with Gasteiger partial charge in [-0.3, -0.25) is 14.6 Å². The number of aliphatic imine (C=N–C) groups is 2. The van der Waals surface area contributed by atoms with Crippen molar-refractivity contribution in [1.29, 1.82) is 0 Å². The Labute approximate surface area is 199 Å². The van der Waals surface area contributed by atoms with Gasteiger partial charge in [0.2, 0.25) is 5.91 Å². The Bertz CT molecular complexity index is 1290. The van der Waals surface area contributed by atoms with Crippen LogP contribution in [0.3, 0.4) is 0 Å². The number of carbonyl (C=O) groups excluding carboxylic acids is 2. The van der Waals surface area contributed by atoms with E-state index >= 15 is 0 Å². The summed E-state index contributed by atoms with van der Waals surface area (Å²) in [7, 11) is 0. The van der Waals surface area contributed by atoms with Gasteiger partial charge in [-0.15, -0.1) is 0 Å². The molecular weight excluding hydrogens is 455 g/mol. The summed E-state index contributed by atoms with van der Waals surface area (Å²) in [6, 6.07) is 16.9. The predicted molar refractivity (Wildman–Crippen MR) is 128 cm³/mol. The van der Waals surface area contributed by atoms with E-state index < -0.39 is 6.04 Å². The Hall–Kier alpha value is -3.72. The lowest BCUT2D eigenvalue weighted by molar-refractivity contribution is -0.125. The minimum absolute atomic E-state index is 0.151. The number of fused-ring (bicyclic) bond motifs is 3. The maximum atomic E-state index is 14.1. The number of amides is 2. The number of nitrogens with one attached hydrogen (secondary N) is 1. The molecule has 34 heavy (non-hydrogen) atoms. The first-order valence-corrected chi connectivity index (χ1v) is 11.8. The second-order valence-electron chi connectivity index (χ2n) is 7.83. The van der Waals surface area contributed by atoms with Crippen molar-refractivity contribution in [3.05, 3.63) is 89.6 Å². The molecule has 0 saturated heterocycles. The molecule has 1 N–H and O–H groups in total. The van der Waals surface area contributed by atoms with Crippen LogP contribution in [0.15, 0.2) is 81.3 Å². The van der Waals surface area contributed by atoms with Crippen molar-refractivity contribution in [1.82, 2.24) is 10.2 Å². The average molecular weight is 477 g/mol. The highest BCUT2D eigenvalue weighted by atomic mass is 32.2. The Morgan fingerprint density at radius 3 is 2.76 bits per heavy atom. The van der Waals surface area contributed by atoms with Gasteiger partial charge in [-0.05, 0) is 42.3 Å². The van der Waals surface area contributed by atoms with Gasteiger partial charge in [0.05, 0.1) is 18.5 Å². The van der Waals surface area contributed by atoms with Gasteiger partial charge in [-0.25, -0.2) is 14.3 Å². The summed E-state index contributed by atoms with van der Waals surface area (Å²) >= 11 is 1.29. The molecule has 0 fully saturated rings. The summed E-state index contributed by atoms with van der Waals surface area (Å²) in [6.45, 7) is 0.294. The number of amidine groups is 2. The molecule has 2 aromatic carbocycles. The second-order valence-corrected chi connectivity index (χ2v) is 8.77. The molecule has 3 heterocycles. The summed E-state index contributed by atoms with van der Waals surface area (Å²) in [4.78, 5) is 36.4. The Kier molecular flexibility index (Phi) is 6.27. The van der Waals surface area contributed by atoms with Crippen molar-refractivity contribution >= 4 is 40.3 Å². The maximum absolute atomic E-state index is 14.1.